The summed E-state index contributed by atoms with van der Waals surface area (Å²) in [5.74, 6) is 13.1. The van der Waals surface area contributed by atoms with Crippen molar-refractivity contribution in [3.8, 4) is 23.7 Å². The van der Waals surface area contributed by atoms with Crippen molar-refractivity contribution in [1.82, 2.24) is 0 Å². The Morgan fingerprint density at radius 3 is 2.00 bits per heavy atom. The zero-order valence-corrected chi connectivity index (χ0v) is 14.6. The molecule has 0 fully saturated rings. The van der Waals surface area contributed by atoms with E-state index in [1.54, 1.807) is 0 Å². The van der Waals surface area contributed by atoms with Crippen molar-refractivity contribution in [3.63, 3.8) is 0 Å². The molecule has 0 atom stereocenters. The second-order valence-electron chi connectivity index (χ2n) is 5.98. The zero-order valence-electron chi connectivity index (χ0n) is 14.6. The molecule has 0 nitrogen and oxygen atoms in total. The van der Waals surface area contributed by atoms with Gasteiger partial charge in [0.25, 0.3) is 0 Å². The molecule has 0 aliphatic carbocycles. The fraction of sp³-hybridized carbons (Fsp3) is 0.333. The summed E-state index contributed by atoms with van der Waals surface area (Å²) in [6.07, 6.45) is 8.85. The molecule has 0 amide bonds. The van der Waals surface area contributed by atoms with E-state index in [1.165, 1.54) is 38.5 Å². The molecule has 0 saturated heterocycles. The van der Waals surface area contributed by atoms with E-state index in [0.29, 0.717) is 0 Å². The van der Waals surface area contributed by atoms with Gasteiger partial charge in [0.15, 0.2) is 0 Å². The van der Waals surface area contributed by atoms with E-state index in [1.807, 2.05) is 48.5 Å². The van der Waals surface area contributed by atoms with Crippen LogP contribution in [0.3, 0.4) is 0 Å². The molecule has 0 saturated carbocycles. The molecule has 0 aliphatic rings. The normalized spacial score (nSPS) is 9.54. The summed E-state index contributed by atoms with van der Waals surface area (Å²) >= 11 is 0. The van der Waals surface area contributed by atoms with E-state index in [9.17, 15) is 0 Å². The van der Waals surface area contributed by atoms with Crippen LogP contribution in [0.1, 0.15) is 68.6 Å². The smallest absolute Gasteiger partial charge is 0.0405 e. The molecule has 2 aromatic rings. The standard InChI is InChI=1S/C24H26/c1-2-3-4-5-6-7-8-12-17-23-18-13-14-19-24(23)21-20-22-15-10-9-11-16-22/h9-11,13-16,18-19H,2-8H2,1H3. The van der Waals surface area contributed by atoms with E-state index >= 15 is 0 Å². The minimum absolute atomic E-state index is 0.979. The predicted molar refractivity (Wildman–Crippen MR) is 104 cm³/mol. The Kier molecular flexibility index (Phi) is 8.32. The van der Waals surface area contributed by atoms with Crippen molar-refractivity contribution in [3.05, 3.63) is 71.3 Å². The quantitative estimate of drug-likeness (QED) is 0.440. The molecular weight excluding hydrogens is 288 g/mol. The molecule has 0 spiro atoms. The largest absolute Gasteiger partial charge is 0.0978 e. The Morgan fingerprint density at radius 2 is 1.25 bits per heavy atom. The molecule has 0 aliphatic heterocycles. The summed E-state index contributed by atoms with van der Waals surface area (Å²) in [4.78, 5) is 0. The summed E-state index contributed by atoms with van der Waals surface area (Å²) in [5.41, 5.74) is 3.08. The maximum atomic E-state index is 3.31. The van der Waals surface area contributed by atoms with Crippen molar-refractivity contribution in [2.24, 2.45) is 0 Å². The first-order valence-electron chi connectivity index (χ1n) is 9.05. The van der Waals surface area contributed by atoms with E-state index in [4.69, 9.17) is 0 Å². The topological polar surface area (TPSA) is 0 Å². The number of unbranched alkanes of at least 4 members (excludes halogenated alkanes) is 6. The molecular formula is C24H26. The highest BCUT2D eigenvalue weighted by Crippen LogP contribution is 2.08. The van der Waals surface area contributed by atoms with Gasteiger partial charge in [-0.25, -0.2) is 0 Å². The Labute approximate surface area is 147 Å². The Hall–Kier alpha value is -2.44. The van der Waals surface area contributed by atoms with Crippen molar-refractivity contribution in [2.45, 2.75) is 51.9 Å². The van der Waals surface area contributed by atoms with E-state index in [2.05, 4.69) is 36.7 Å². The maximum Gasteiger partial charge on any atom is 0.0405 e. The first kappa shape index (κ1) is 17.9. The third kappa shape index (κ3) is 6.76. The van der Waals surface area contributed by atoms with Gasteiger partial charge < -0.3 is 0 Å². The average molecular weight is 314 g/mol. The molecule has 122 valence electrons. The molecule has 0 radical (unpaired) electrons. The van der Waals surface area contributed by atoms with Crippen molar-refractivity contribution in [2.75, 3.05) is 0 Å². The van der Waals surface area contributed by atoms with Crippen LogP contribution in [0, 0.1) is 23.7 Å². The van der Waals surface area contributed by atoms with Gasteiger partial charge in [0.2, 0.25) is 0 Å². The number of hydrogen-bond acceptors (Lipinski definition) is 0. The first-order valence-corrected chi connectivity index (χ1v) is 9.05. The van der Waals surface area contributed by atoms with Gasteiger partial charge in [0.05, 0.1) is 0 Å². The minimum Gasteiger partial charge on any atom is -0.0978 e. The van der Waals surface area contributed by atoms with Gasteiger partial charge in [-0.15, -0.1) is 0 Å². The molecule has 0 heteroatoms. The monoisotopic (exact) mass is 314 g/mol. The van der Waals surface area contributed by atoms with Gasteiger partial charge in [-0.05, 0) is 30.7 Å². The predicted octanol–water partition coefficient (Wildman–Crippen LogP) is 6.19. The summed E-state index contributed by atoms with van der Waals surface area (Å²) in [7, 11) is 0. The lowest BCUT2D eigenvalue weighted by atomic mass is 10.1. The molecule has 0 heterocycles. The second-order valence-corrected chi connectivity index (χ2v) is 5.98. The zero-order chi connectivity index (χ0) is 16.9. The highest BCUT2D eigenvalue weighted by atomic mass is 14.0. The first-order chi connectivity index (χ1) is 11.9. The number of rotatable bonds is 6. The molecule has 24 heavy (non-hydrogen) atoms. The van der Waals surface area contributed by atoms with E-state index in [-0.39, 0.29) is 0 Å². The van der Waals surface area contributed by atoms with Crippen LogP contribution in [-0.2, 0) is 0 Å². The van der Waals surface area contributed by atoms with Crippen LogP contribution in [0.25, 0.3) is 0 Å². The van der Waals surface area contributed by atoms with Gasteiger partial charge >= 0.3 is 0 Å². The number of benzene rings is 2. The summed E-state index contributed by atoms with van der Waals surface area (Å²) in [6.45, 7) is 2.25. The third-order valence-electron chi connectivity index (χ3n) is 3.92. The SMILES string of the molecule is CCCCCCCCC#Cc1ccccc1C#Cc1ccccc1. The maximum absolute atomic E-state index is 3.31. The summed E-state index contributed by atoms with van der Waals surface area (Å²) < 4.78 is 0. The molecule has 0 N–H and O–H groups in total. The molecule has 0 aromatic heterocycles. The molecule has 0 unspecified atom stereocenters. The minimum atomic E-state index is 0.979. The fourth-order valence-corrected chi connectivity index (χ4v) is 2.51. The van der Waals surface area contributed by atoms with Crippen LogP contribution in [0.2, 0.25) is 0 Å². The van der Waals surface area contributed by atoms with Crippen LogP contribution in [-0.4, -0.2) is 0 Å². The molecule has 2 aromatic carbocycles. The van der Waals surface area contributed by atoms with Crippen LogP contribution in [0.5, 0.6) is 0 Å². The van der Waals surface area contributed by atoms with Gasteiger partial charge in [-0.3, -0.25) is 0 Å². The summed E-state index contributed by atoms with van der Waals surface area (Å²) in [6, 6.07) is 18.2. The van der Waals surface area contributed by atoms with Crippen LogP contribution >= 0.6 is 0 Å². The van der Waals surface area contributed by atoms with Crippen molar-refractivity contribution in [1.29, 1.82) is 0 Å². The van der Waals surface area contributed by atoms with E-state index < -0.39 is 0 Å². The second kappa shape index (κ2) is 11.2. The van der Waals surface area contributed by atoms with Crippen molar-refractivity contribution >= 4 is 0 Å². The Balaban J connectivity index is 1.91. The number of hydrogen-bond donors (Lipinski definition) is 0. The third-order valence-corrected chi connectivity index (χ3v) is 3.92. The summed E-state index contributed by atoms with van der Waals surface area (Å²) in [5, 5.41) is 0. The van der Waals surface area contributed by atoms with Gasteiger partial charge in [-0.2, -0.15) is 0 Å². The lowest BCUT2D eigenvalue weighted by Gasteiger charge is -1.97. The molecule has 2 rings (SSSR count). The van der Waals surface area contributed by atoms with Crippen LogP contribution < -0.4 is 0 Å². The van der Waals surface area contributed by atoms with Gasteiger partial charge in [0.1, 0.15) is 0 Å². The Bertz CT molecular complexity index is 717. The van der Waals surface area contributed by atoms with E-state index in [0.717, 1.165) is 23.1 Å². The highest BCUT2D eigenvalue weighted by molar-refractivity contribution is 5.52. The van der Waals surface area contributed by atoms with Crippen molar-refractivity contribution < 1.29 is 0 Å². The lowest BCUT2D eigenvalue weighted by molar-refractivity contribution is 0.614. The van der Waals surface area contributed by atoms with Crippen LogP contribution in [0.4, 0.5) is 0 Å². The van der Waals surface area contributed by atoms with Crippen LogP contribution in [0.15, 0.2) is 54.6 Å². The average Bonchev–Trinajstić information content (AvgIpc) is 2.64. The Morgan fingerprint density at radius 1 is 0.625 bits per heavy atom. The molecule has 0 bridgehead atoms. The highest BCUT2D eigenvalue weighted by Gasteiger charge is 1.94. The lowest BCUT2D eigenvalue weighted by Crippen LogP contribution is -1.83. The van der Waals surface area contributed by atoms with Gasteiger partial charge in [-0.1, -0.05) is 93.0 Å². The van der Waals surface area contributed by atoms with Gasteiger partial charge in [0, 0.05) is 23.1 Å². The fourth-order valence-electron chi connectivity index (χ4n) is 2.51.